The van der Waals surface area contributed by atoms with E-state index in [0.717, 1.165) is 4.43 Å². The van der Waals surface area contributed by atoms with Crippen LogP contribution in [0.5, 0.6) is 0 Å². The van der Waals surface area contributed by atoms with Crippen molar-refractivity contribution in [2.45, 2.75) is 30.3 Å². The molecule has 4 heteroatoms. The van der Waals surface area contributed by atoms with E-state index >= 15 is 0 Å². The smallest absolute Gasteiger partial charge is 0.338 e. The van der Waals surface area contributed by atoms with Crippen LogP contribution in [0.2, 0.25) is 0 Å². The highest BCUT2D eigenvalue weighted by molar-refractivity contribution is 14.1. The quantitative estimate of drug-likeness (QED) is 0.378. The summed E-state index contributed by atoms with van der Waals surface area (Å²) in [5.41, 5.74) is 1.41. The van der Waals surface area contributed by atoms with Crippen LogP contribution in [-0.2, 0) is 4.74 Å². The van der Waals surface area contributed by atoms with Gasteiger partial charge in [-0.05, 0) is 38.5 Å². The highest BCUT2D eigenvalue weighted by Crippen LogP contribution is 2.25. The standard InChI is InChI=1S/C13H16I2O2/c1-13(2,3)17-12(16)10-6-4-9(5-7-10)11(15)8-14/h4-7,11H,8H2,1-3H3. The zero-order valence-electron chi connectivity index (χ0n) is 10.2. The summed E-state index contributed by atoms with van der Waals surface area (Å²) in [6, 6.07) is 7.66. The molecule has 0 aromatic heterocycles. The van der Waals surface area contributed by atoms with Crippen molar-refractivity contribution >= 4 is 51.2 Å². The van der Waals surface area contributed by atoms with Crippen LogP contribution >= 0.6 is 45.2 Å². The molecule has 94 valence electrons. The van der Waals surface area contributed by atoms with Gasteiger partial charge in [0.25, 0.3) is 0 Å². The van der Waals surface area contributed by atoms with Gasteiger partial charge in [-0.1, -0.05) is 57.3 Å². The van der Waals surface area contributed by atoms with Gasteiger partial charge in [0.1, 0.15) is 5.60 Å². The van der Waals surface area contributed by atoms with Gasteiger partial charge in [0.05, 0.1) is 5.56 Å². The van der Waals surface area contributed by atoms with E-state index in [2.05, 4.69) is 45.2 Å². The number of halogens is 2. The van der Waals surface area contributed by atoms with E-state index in [1.54, 1.807) is 0 Å². The molecule has 0 aliphatic heterocycles. The molecule has 1 rings (SSSR count). The van der Waals surface area contributed by atoms with Crippen molar-refractivity contribution in [3.63, 3.8) is 0 Å². The van der Waals surface area contributed by atoms with Crippen LogP contribution < -0.4 is 0 Å². The summed E-state index contributed by atoms with van der Waals surface area (Å²) in [4.78, 5) is 11.8. The number of alkyl halides is 2. The number of benzene rings is 1. The van der Waals surface area contributed by atoms with Crippen LogP contribution in [0.1, 0.15) is 40.6 Å². The Morgan fingerprint density at radius 3 is 2.24 bits per heavy atom. The molecule has 0 heterocycles. The first kappa shape index (κ1) is 15.2. The van der Waals surface area contributed by atoms with Crippen LogP contribution in [-0.4, -0.2) is 16.0 Å². The third-order valence-electron chi connectivity index (χ3n) is 2.04. The molecule has 1 atom stereocenters. The number of hydrogen-bond donors (Lipinski definition) is 0. The van der Waals surface area contributed by atoms with E-state index in [0.29, 0.717) is 9.49 Å². The third-order valence-corrected chi connectivity index (χ3v) is 5.77. The van der Waals surface area contributed by atoms with Gasteiger partial charge in [-0.15, -0.1) is 0 Å². The first-order valence-electron chi connectivity index (χ1n) is 5.37. The van der Waals surface area contributed by atoms with Gasteiger partial charge in [-0.3, -0.25) is 0 Å². The second kappa shape index (κ2) is 6.36. The summed E-state index contributed by atoms with van der Waals surface area (Å²) in [5, 5.41) is 0. The summed E-state index contributed by atoms with van der Waals surface area (Å²) in [6.07, 6.45) is 0. The Bertz CT molecular complexity index is 379. The minimum Gasteiger partial charge on any atom is -0.456 e. The molecule has 17 heavy (non-hydrogen) atoms. The monoisotopic (exact) mass is 458 g/mol. The molecule has 1 unspecified atom stereocenters. The van der Waals surface area contributed by atoms with Crippen molar-refractivity contribution in [2.24, 2.45) is 0 Å². The first-order chi connectivity index (χ1) is 7.83. The number of carbonyl (C=O) groups is 1. The second-order valence-corrected chi connectivity index (χ2v) is 7.13. The summed E-state index contributed by atoms with van der Waals surface area (Å²) in [5.74, 6) is -0.261. The Morgan fingerprint density at radius 2 is 1.82 bits per heavy atom. The second-order valence-electron chi connectivity index (χ2n) is 4.75. The zero-order chi connectivity index (χ0) is 13.1. The van der Waals surface area contributed by atoms with Gasteiger partial charge in [-0.25, -0.2) is 4.79 Å². The van der Waals surface area contributed by atoms with E-state index in [1.165, 1.54) is 5.56 Å². The third kappa shape index (κ3) is 5.11. The van der Waals surface area contributed by atoms with Crippen LogP contribution in [0, 0.1) is 0 Å². The van der Waals surface area contributed by atoms with E-state index in [4.69, 9.17) is 4.74 Å². The number of carbonyl (C=O) groups excluding carboxylic acids is 1. The summed E-state index contributed by atoms with van der Waals surface area (Å²) in [6.45, 7) is 5.61. The van der Waals surface area contributed by atoms with Gasteiger partial charge in [-0.2, -0.15) is 0 Å². The lowest BCUT2D eigenvalue weighted by molar-refractivity contribution is 0.00695. The van der Waals surface area contributed by atoms with E-state index < -0.39 is 5.60 Å². The molecule has 0 amide bonds. The predicted octanol–water partition coefficient (Wildman–Crippen LogP) is 4.55. The fraction of sp³-hybridized carbons (Fsp3) is 0.462. The lowest BCUT2D eigenvalue weighted by atomic mass is 10.1. The molecule has 0 aliphatic carbocycles. The van der Waals surface area contributed by atoms with Crippen molar-refractivity contribution in [3.05, 3.63) is 35.4 Å². The average molecular weight is 458 g/mol. The SMILES string of the molecule is CC(C)(C)OC(=O)c1ccc(C(I)CI)cc1. The zero-order valence-corrected chi connectivity index (χ0v) is 14.5. The summed E-state index contributed by atoms with van der Waals surface area (Å²) >= 11 is 4.76. The normalized spacial score (nSPS) is 13.2. The highest BCUT2D eigenvalue weighted by atomic mass is 127. The van der Waals surface area contributed by atoms with Crippen molar-refractivity contribution in [3.8, 4) is 0 Å². The first-order valence-corrected chi connectivity index (χ1v) is 8.14. The molecule has 1 aromatic rings. The van der Waals surface area contributed by atoms with Crippen LogP contribution in [0.4, 0.5) is 0 Å². The molecule has 0 saturated heterocycles. The van der Waals surface area contributed by atoms with Crippen molar-refractivity contribution in [1.82, 2.24) is 0 Å². The van der Waals surface area contributed by atoms with Crippen molar-refractivity contribution in [2.75, 3.05) is 4.43 Å². The predicted molar refractivity (Wildman–Crippen MR) is 87.3 cm³/mol. The molecular formula is C13H16I2O2. The number of rotatable bonds is 3. The maximum absolute atomic E-state index is 11.8. The maximum Gasteiger partial charge on any atom is 0.338 e. The van der Waals surface area contributed by atoms with Gasteiger partial charge in [0, 0.05) is 8.35 Å². The van der Waals surface area contributed by atoms with Crippen molar-refractivity contribution in [1.29, 1.82) is 0 Å². The largest absolute Gasteiger partial charge is 0.456 e. The lowest BCUT2D eigenvalue weighted by Gasteiger charge is -2.19. The topological polar surface area (TPSA) is 26.3 Å². The number of hydrogen-bond acceptors (Lipinski definition) is 2. The molecule has 0 radical (unpaired) electrons. The van der Waals surface area contributed by atoms with Crippen LogP contribution in [0.25, 0.3) is 0 Å². The Hall–Kier alpha value is 0.150. The fourth-order valence-corrected chi connectivity index (χ4v) is 2.18. The van der Waals surface area contributed by atoms with E-state index in [1.807, 2.05) is 45.0 Å². The fourth-order valence-electron chi connectivity index (χ4n) is 1.25. The number of esters is 1. The highest BCUT2D eigenvalue weighted by Gasteiger charge is 2.17. The maximum atomic E-state index is 11.8. The summed E-state index contributed by atoms with van der Waals surface area (Å²) < 4.78 is 6.85. The minimum absolute atomic E-state index is 0.261. The Kier molecular flexibility index (Phi) is 5.69. The molecule has 0 aliphatic rings. The Balaban J connectivity index is 2.77. The van der Waals surface area contributed by atoms with E-state index in [9.17, 15) is 4.79 Å². The van der Waals surface area contributed by atoms with Crippen molar-refractivity contribution < 1.29 is 9.53 Å². The van der Waals surface area contributed by atoms with Gasteiger partial charge in [0.15, 0.2) is 0 Å². The van der Waals surface area contributed by atoms with Gasteiger partial charge >= 0.3 is 5.97 Å². The molecule has 0 saturated carbocycles. The van der Waals surface area contributed by atoms with Crippen LogP contribution in [0.3, 0.4) is 0 Å². The van der Waals surface area contributed by atoms with Crippen LogP contribution in [0.15, 0.2) is 24.3 Å². The minimum atomic E-state index is -0.441. The molecule has 0 fully saturated rings. The molecular weight excluding hydrogens is 442 g/mol. The Morgan fingerprint density at radius 1 is 1.29 bits per heavy atom. The number of ether oxygens (including phenoxy) is 1. The lowest BCUT2D eigenvalue weighted by Crippen LogP contribution is -2.23. The summed E-state index contributed by atoms with van der Waals surface area (Å²) in [7, 11) is 0. The molecule has 0 N–H and O–H groups in total. The van der Waals surface area contributed by atoms with E-state index in [-0.39, 0.29) is 5.97 Å². The molecule has 0 spiro atoms. The molecule has 1 aromatic carbocycles. The average Bonchev–Trinajstić information content (AvgIpc) is 2.26. The molecule has 0 bridgehead atoms. The molecule has 2 nitrogen and oxygen atoms in total. The van der Waals surface area contributed by atoms with Gasteiger partial charge in [0.2, 0.25) is 0 Å². The Labute approximate surface area is 130 Å². The van der Waals surface area contributed by atoms with Gasteiger partial charge < -0.3 is 4.74 Å².